The van der Waals surface area contributed by atoms with E-state index in [4.69, 9.17) is 13.9 Å². The highest BCUT2D eigenvalue weighted by Gasteiger charge is 2.42. The van der Waals surface area contributed by atoms with Gasteiger partial charge in [-0.3, -0.25) is 4.79 Å². The maximum Gasteiger partial charge on any atom is 0.308 e. The van der Waals surface area contributed by atoms with Crippen molar-refractivity contribution in [1.82, 2.24) is 0 Å². The van der Waals surface area contributed by atoms with Crippen LogP contribution in [0.4, 0.5) is 0 Å². The molecule has 1 heterocycles. The summed E-state index contributed by atoms with van der Waals surface area (Å²) in [5.41, 5.74) is 0. The van der Waals surface area contributed by atoms with Gasteiger partial charge in [-0.05, 0) is 31.0 Å². The highest BCUT2D eigenvalue weighted by atomic mass is 28.4. The van der Waals surface area contributed by atoms with Crippen molar-refractivity contribution in [2.75, 3.05) is 13.7 Å². The van der Waals surface area contributed by atoms with Crippen molar-refractivity contribution in [3.8, 4) is 0 Å². The number of hydrogen-bond acceptors (Lipinski definition) is 4. The van der Waals surface area contributed by atoms with E-state index >= 15 is 0 Å². The summed E-state index contributed by atoms with van der Waals surface area (Å²) in [6.07, 6.45) is 2.12. The molecule has 0 bridgehead atoms. The van der Waals surface area contributed by atoms with E-state index in [1.807, 2.05) is 0 Å². The molecule has 1 fully saturated rings. The molecule has 19 heavy (non-hydrogen) atoms. The molecule has 0 aromatic heterocycles. The van der Waals surface area contributed by atoms with Gasteiger partial charge in [0.1, 0.15) is 0 Å². The lowest BCUT2D eigenvalue weighted by Crippen LogP contribution is -2.49. The minimum absolute atomic E-state index is 0.0220. The van der Waals surface area contributed by atoms with Crippen LogP contribution in [0.25, 0.3) is 0 Å². The van der Waals surface area contributed by atoms with Crippen molar-refractivity contribution in [3.05, 3.63) is 0 Å². The van der Waals surface area contributed by atoms with Gasteiger partial charge < -0.3 is 13.9 Å². The Kier molecular flexibility index (Phi) is 5.59. The summed E-state index contributed by atoms with van der Waals surface area (Å²) in [4.78, 5) is 11.4. The summed E-state index contributed by atoms with van der Waals surface area (Å²) >= 11 is 0. The summed E-state index contributed by atoms with van der Waals surface area (Å²) < 4.78 is 16.9. The van der Waals surface area contributed by atoms with Crippen molar-refractivity contribution >= 4 is 14.3 Å². The Balaban J connectivity index is 2.70. The molecule has 2 atom stereocenters. The van der Waals surface area contributed by atoms with Crippen LogP contribution in [0.3, 0.4) is 0 Å². The van der Waals surface area contributed by atoms with Gasteiger partial charge in [0.2, 0.25) is 0 Å². The van der Waals surface area contributed by atoms with Crippen LogP contribution in [-0.2, 0) is 18.7 Å². The van der Waals surface area contributed by atoms with Gasteiger partial charge in [0, 0.05) is 6.61 Å². The molecule has 0 N–H and O–H groups in total. The lowest BCUT2D eigenvalue weighted by Gasteiger charge is -2.42. The van der Waals surface area contributed by atoms with Gasteiger partial charge in [-0.15, -0.1) is 0 Å². The molecule has 1 aliphatic rings. The summed E-state index contributed by atoms with van der Waals surface area (Å²) in [5.74, 6) is -0.226. The second-order valence-corrected chi connectivity index (χ2v) is 11.5. The average molecular weight is 288 g/mol. The number of rotatable bonds is 4. The minimum Gasteiger partial charge on any atom is -0.469 e. The van der Waals surface area contributed by atoms with E-state index in [-0.39, 0.29) is 29.6 Å². The van der Waals surface area contributed by atoms with Crippen LogP contribution < -0.4 is 0 Å². The molecular formula is C14H28O4Si. The Bertz CT molecular complexity index is 309. The SMILES string of the molecule is COC(=O)C[C@H]1OCCC[C@H]1O[Si](C)(C)C(C)(C)C. The molecule has 0 saturated carbocycles. The number of ether oxygens (including phenoxy) is 2. The molecule has 1 rings (SSSR count). The van der Waals surface area contributed by atoms with Gasteiger partial charge in [-0.25, -0.2) is 0 Å². The van der Waals surface area contributed by atoms with Gasteiger partial charge in [-0.1, -0.05) is 20.8 Å². The van der Waals surface area contributed by atoms with E-state index in [0.717, 1.165) is 12.8 Å². The smallest absolute Gasteiger partial charge is 0.308 e. The molecule has 0 aromatic rings. The molecule has 5 heteroatoms. The summed E-state index contributed by atoms with van der Waals surface area (Å²) in [6, 6.07) is 0. The Morgan fingerprint density at radius 2 is 2.00 bits per heavy atom. The first-order valence-corrected chi connectivity index (χ1v) is 9.94. The maximum absolute atomic E-state index is 11.4. The first kappa shape index (κ1) is 16.7. The molecule has 1 saturated heterocycles. The third-order valence-corrected chi connectivity index (χ3v) is 8.73. The van der Waals surface area contributed by atoms with Crippen LogP contribution in [0.15, 0.2) is 0 Å². The average Bonchev–Trinajstić information content (AvgIpc) is 2.29. The van der Waals surface area contributed by atoms with E-state index in [0.29, 0.717) is 6.61 Å². The van der Waals surface area contributed by atoms with Crippen LogP contribution in [-0.4, -0.2) is 40.2 Å². The molecule has 4 nitrogen and oxygen atoms in total. The predicted molar refractivity (Wildman–Crippen MR) is 77.7 cm³/mol. The molecule has 0 amide bonds. The van der Waals surface area contributed by atoms with Crippen molar-refractivity contribution in [2.45, 2.75) is 70.4 Å². The molecule has 0 radical (unpaired) electrons. The molecular weight excluding hydrogens is 260 g/mol. The topological polar surface area (TPSA) is 44.8 Å². The Morgan fingerprint density at radius 3 is 2.53 bits per heavy atom. The van der Waals surface area contributed by atoms with Crippen molar-refractivity contribution < 1.29 is 18.7 Å². The second-order valence-electron chi connectivity index (χ2n) is 6.75. The van der Waals surface area contributed by atoms with Crippen molar-refractivity contribution in [3.63, 3.8) is 0 Å². The highest BCUT2D eigenvalue weighted by molar-refractivity contribution is 6.74. The molecule has 0 aliphatic carbocycles. The number of hydrogen-bond donors (Lipinski definition) is 0. The van der Waals surface area contributed by atoms with Crippen molar-refractivity contribution in [1.29, 1.82) is 0 Å². The van der Waals surface area contributed by atoms with Crippen LogP contribution in [0, 0.1) is 0 Å². The standard InChI is InChI=1S/C14H28O4Si/c1-14(2,3)19(5,6)18-11-8-7-9-17-12(11)10-13(15)16-4/h11-12H,7-10H2,1-6H3/t11-,12-/m1/s1. The predicted octanol–water partition coefficient (Wildman–Crippen LogP) is 3.12. The molecule has 112 valence electrons. The van der Waals surface area contributed by atoms with E-state index in [2.05, 4.69) is 33.9 Å². The van der Waals surface area contributed by atoms with E-state index < -0.39 is 8.32 Å². The van der Waals surface area contributed by atoms with Crippen molar-refractivity contribution in [2.24, 2.45) is 0 Å². The third-order valence-electron chi connectivity index (χ3n) is 4.23. The summed E-state index contributed by atoms with van der Waals surface area (Å²) in [6.45, 7) is 11.8. The van der Waals surface area contributed by atoms with Crippen LogP contribution >= 0.6 is 0 Å². The summed E-state index contributed by atoms with van der Waals surface area (Å²) in [7, 11) is -0.416. The number of carbonyl (C=O) groups is 1. The first-order chi connectivity index (χ1) is 8.67. The zero-order valence-corrected chi connectivity index (χ0v) is 14.1. The van der Waals surface area contributed by atoms with Gasteiger partial charge in [-0.2, -0.15) is 0 Å². The fourth-order valence-corrected chi connectivity index (χ4v) is 3.32. The van der Waals surface area contributed by atoms with Gasteiger partial charge >= 0.3 is 5.97 Å². The van der Waals surface area contributed by atoms with E-state index in [1.54, 1.807) is 0 Å². The first-order valence-electron chi connectivity index (χ1n) is 7.03. The Labute approximate surface area is 117 Å². The fourth-order valence-electron chi connectivity index (χ4n) is 1.94. The van der Waals surface area contributed by atoms with Gasteiger partial charge in [0.25, 0.3) is 0 Å². The zero-order chi connectivity index (χ0) is 14.7. The Morgan fingerprint density at radius 1 is 1.37 bits per heavy atom. The number of esters is 1. The van der Waals surface area contributed by atoms with E-state index in [9.17, 15) is 4.79 Å². The molecule has 1 aliphatic heterocycles. The summed E-state index contributed by atoms with van der Waals surface area (Å²) in [5, 5.41) is 0.167. The molecule has 0 spiro atoms. The van der Waals surface area contributed by atoms with Crippen LogP contribution in [0.1, 0.15) is 40.0 Å². The number of carbonyl (C=O) groups excluding carboxylic acids is 1. The molecule has 0 aromatic carbocycles. The lowest BCUT2D eigenvalue weighted by molar-refractivity contribution is -0.148. The monoisotopic (exact) mass is 288 g/mol. The molecule has 0 unspecified atom stereocenters. The lowest BCUT2D eigenvalue weighted by atomic mass is 10.0. The highest BCUT2D eigenvalue weighted by Crippen LogP contribution is 2.39. The Hall–Kier alpha value is -0.393. The van der Waals surface area contributed by atoms with Crippen LogP contribution in [0.5, 0.6) is 0 Å². The normalized spacial score (nSPS) is 25.2. The number of methoxy groups -OCH3 is 1. The van der Waals surface area contributed by atoms with Gasteiger partial charge in [0.05, 0.1) is 25.7 Å². The quantitative estimate of drug-likeness (QED) is 0.589. The minimum atomic E-state index is -1.83. The third kappa shape index (κ3) is 4.58. The second kappa shape index (κ2) is 6.37. The van der Waals surface area contributed by atoms with E-state index in [1.165, 1.54) is 7.11 Å². The van der Waals surface area contributed by atoms with Gasteiger partial charge in [0.15, 0.2) is 8.32 Å². The fraction of sp³-hybridized carbons (Fsp3) is 0.929. The largest absolute Gasteiger partial charge is 0.469 e. The maximum atomic E-state index is 11.4. The van der Waals surface area contributed by atoms with Crippen LogP contribution in [0.2, 0.25) is 18.1 Å². The zero-order valence-electron chi connectivity index (χ0n) is 13.1.